The molecule has 1 aromatic carbocycles. The molecule has 2 rings (SSSR count). The first kappa shape index (κ1) is 18.0. The second-order valence-electron chi connectivity index (χ2n) is 5.47. The van der Waals surface area contributed by atoms with Crippen molar-refractivity contribution in [3.05, 3.63) is 24.3 Å². The van der Waals surface area contributed by atoms with Gasteiger partial charge in [-0.25, -0.2) is 0 Å². The zero-order valence-electron chi connectivity index (χ0n) is 13.8. The van der Waals surface area contributed by atoms with E-state index in [1.165, 1.54) is 0 Å². The van der Waals surface area contributed by atoms with Gasteiger partial charge < -0.3 is 9.64 Å². The molecule has 1 heterocycles. The Kier molecular flexibility index (Phi) is 6.64. The molecule has 1 aliphatic rings. The number of piperazine rings is 1. The van der Waals surface area contributed by atoms with E-state index in [0.29, 0.717) is 12.2 Å². The lowest BCUT2D eigenvalue weighted by molar-refractivity contribution is 0.144. The van der Waals surface area contributed by atoms with Crippen molar-refractivity contribution >= 4 is 21.6 Å². The minimum atomic E-state index is -3.47. The van der Waals surface area contributed by atoms with E-state index in [-0.39, 0.29) is 0 Å². The monoisotopic (exact) mass is 342 g/mol. The van der Waals surface area contributed by atoms with Gasteiger partial charge in [0.1, 0.15) is 0 Å². The number of hydrogen-bond acceptors (Lipinski definition) is 5. The van der Waals surface area contributed by atoms with E-state index in [4.69, 9.17) is 4.74 Å². The molecule has 0 aromatic heterocycles. The molecular weight excluding hydrogens is 316 g/mol. The third-order valence-corrected chi connectivity index (χ3v) is 4.98. The van der Waals surface area contributed by atoms with Crippen molar-refractivity contribution in [1.29, 1.82) is 0 Å². The standard InChI is InChI=1S/C15H26N4O3S/c1-3-16-23(20,21)17-14-4-6-15(7-5-14)19-10-8-18(9-11-19)12-13-22-2/h4-7,16-17H,3,8-13H2,1-2H3. The summed E-state index contributed by atoms with van der Waals surface area (Å²) in [6.07, 6.45) is 0. The molecule has 0 saturated carbocycles. The van der Waals surface area contributed by atoms with Crippen LogP contribution in [0, 0.1) is 0 Å². The molecule has 0 spiro atoms. The molecule has 2 N–H and O–H groups in total. The normalized spacial score (nSPS) is 16.5. The number of anilines is 2. The fourth-order valence-corrected chi connectivity index (χ4v) is 3.47. The minimum Gasteiger partial charge on any atom is -0.383 e. The number of rotatable bonds is 8. The Hall–Kier alpha value is -1.35. The van der Waals surface area contributed by atoms with Gasteiger partial charge in [0, 0.05) is 57.8 Å². The first-order valence-corrected chi connectivity index (χ1v) is 9.36. The van der Waals surface area contributed by atoms with Crippen molar-refractivity contribution in [2.75, 3.05) is 62.6 Å². The fraction of sp³-hybridized carbons (Fsp3) is 0.600. The molecule has 1 fully saturated rings. The first-order chi connectivity index (χ1) is 11.0. The zero-order chi connectivity index (χ0) is 16.7. The van der Waals surface area contributed by atoms with Crippen molar-refractivity contribution < 1.29 is 13.2 Å². The van der Waals surface area contributed by atoms with Gasteiger partial charge in [-0.3, -0.25) is 9.62 Å². The number of nitrogens with one attached hydrogen (secondary N) is 2. The van der Waals surface area contributed by atoms with E-state index in [1.54, 1.807) is 26.2 Å². The molecule has 1 saturated heterocycles. The minimum absolute atomic E-state index is 0.362. The summed E-state index contributed by atoms with van der Waals surface area (Å²) in [5.74, 6) is 0. The third-order valence-electron chi connectivity index (χ3n) is 3.80. The van der Waals surface area contributed by atoms with Crippen molar-refractivity contribution in [1.82, 2.24) is 9.62 Å². The molecule has 130 valence electrons. The van der Waals surface area contributed by atoms with Crippen LogP contribution < -0.4 is 14.3 Å². The van der Waals surface area contributed by atoms with Gasteiger partial charge in [0.15, 0.2) is 0 Å². The summed E-state index contributed by atoms with van der Waals surface area (Å²) in [6.45, 7) is 7.79. The van der Waals surface area contributed by atoms with Gasteiger partial charge >= 0.3 is 0 Å². The largest absolute Gasteiger partial charge is 0.383 e. The number of methoxy groups -OCH3 is 1. The molecular formula is C15H26N4O3S. The van der Waals surface area contributed by atoms with Gasteiger partial charge in [0.2, 0.25) is 0 Å². The molecule has 0 atom stereocenters. The van der Waals surface area contributed by atoms with Crippen LogP contribution in [-0.4, -0.2) is 66.3 Å². The van der Waals surface area contributed by atoms with Gasteiger partial charge in [-0.2, -0.15) is 13.1 Å². The topological polar surface area (TPSA) is 73.9 Å². The van der Waals surface area contributed by atoms with E-state index in [1.807, 2.05) is 12.1 Å². The Balaban J connectivity index is 1.88. The molecule has 1 aliphatic heterocycles. The summed E-state index contributed by atoms with van der Waals surface area (Å²) >= 11 is 0. The summed E-state index contributed by atoms with van der Waals surface area (Å²) in [5.41, 5.74) is 1.68. The van der Waals surface area contributed by atoms with E-state index < -0.39 is 10.2 Å². The van der Waals surface area contributed by atoms with E-state index in [9.17, 15) is 8.42 Å². The second kappa shape index (κ2) is 8.49. The van der Waals surface area contributed by atoms with E-state index in [2.05, 4.69) is 19.2 Å². The predicted octanol–water partition coefficient (Wildman–Crippen LogP) is 0.721. The number of nitrogens with zero attached hydrogens (tertiary/aromatic N) is 2. The predicted molar refractivity (Wildman–Crippen MR) is 93.2 cm³/mol. The van der Waals surface area contributed by atoms with Crippen LogP contribution in [0.5, 0.6) is 0 Å². The molecule has 23 heavy (non-hydrogen) atoms. The fourth-order valence-electron chi connectivity index (χ4n) is 2.57. The summed E-state index contributed by atoms with van der Waals surface area (Å²) in [5, 5.41) is 0. The molecule has 0 radical (unpaired) electrons. The van der Waals surface area contributed by atoms with Crippen molar-refractivity contribution in [3.8, 4) is 0 Å². The number of ether oxygens (including phenoxy) is 1. The average Bonchev–Trinajstić information content (AvgIpc) is 2.54. The van der Waals surface area contributed by atoms with Crippen LogP contribution in [0.4, 0.5) is 11.4 Å². The van der Waals surface area contributed by atoms with Crippen LogP contribution in [0.15, 0.2) is 24.3 Å². The highest BCUT2D eigenvalue weighted by Crippen LogP contribution is 2.20. The molecule has 0 aliphatic carbocycles. The maximum absolute atomic E-state index is 11.7. The average molecular weight is 342 g/mol. The highest BCUT2D eigenvalue weighted by atomic mass is 32.2. The van der Waals surface area contributed by atoms with Crippen LogP contribution >= 0.6 is 0 Å². The Morgan fingerprint density at radius 3 is 2.35 bits per heavy atom. The highest BCUT2D eigenvalue weighted by Gasteiger charge is 2.17. The van der Waals surface area contributed by atoms with E-state index >= 15 is 0 Å². The van der Waals surface area contributed by atoms with Crippen LogP contribution in [0.2, 0.25) is 0 Å². The highest BCUT2D eigenvalue weighted by molar-refractivity contribution is 7.90. The first-order valence-electron chi connectivity index (χ1n) is 7.88. The molecule has 0 amide bonds. The summed E-state index contributed by atoms with van der Waals surface area (Å²) in [7, 11) is -1.75. The molecule has 0 unspecified atom stereocenters. The van der Waals surface area contributed by atoms with Gasteiger partial charge in [-0.15, -0.1) is 0 Å². The van der Waals surface area contributed by atoms with Crippen LogP contribution in [0.3, 0.4) is 0 Å². The third kappa shape index (κ3) is 5.65. The summed E-state index contributed by atoms with van der Waals surface area (Å²) in [6, 6.07) is 7.49. The van der Waals surface area contributed by atoms with Gasteiger partial charge in [-0.05, 0) is 24.3 Å². The number of benzene rings is 1. The lowest BCUT2D eigenvalue weighted by Crippen LogP contribution is -2.47. The smallest absolute Gasteiger partial charge is 0.299 e. The summed E-state index contributed by atoms with van der Waals surface area (Å²) in [4.78, 5) is 4.70. The summed E-state index contributed by atoms with van der Waals surface area (Å²) < 4.78 is 33.3. The molecule has 0 bridgehead atoms. The van der Waals surface area contributed by atoms with Crippen LogP contribution in [0.1, 0.15) is 6.92 Å². The lowest BCUT2D eigenvalue weighted by atomic mass is 10.2. The Morgan fingerprint density at radius 1 is 1.13 bits per heavy atom. The SMILES string of the molecule is CCNS(=O)(=O)Nc1ccc(N2CCN(CCOC)CC2)cc1. The van der Waals surface area contributed by atoms with Gasteiger partial charge in [0.25, 0.3) is 10.2 Å². The van der Waals surface area contributed by atoms with E-state index in [0.717, 1.165) is 45.0 Å². The molecule has 7 nitrogen and oxygen atoms in total. The lowest BCUT2D eigenvalue weighted by Gasteiger charge is -2.36. The Bertz CT molecular complexity index is 569. The van der Waals surface area contributed by atoms with Crippen LogP contribution in [0.25, 0.3) is 0 Å². The zero-order valence-corrected chi connectivity index (χ0v) is 14.6. The number of hydrogen-bond donors (Lipinski definition) is 2. The molecule has 8 heteroatoms. The maximum Gasteiger partial charge on any atom is 0.299 e. The molecule has 1 aromatic rings. The Morgan fingerprint density at radius 2 is 1.78 bits per heavy atom. The van der Waals surface area contributed by atoms with Crippen molar-refractivity contribution in [2.45, 2.75) is 6.92 Å². The van der Waals surface area contributed by atoms with Crippen LogP contribution in [-0.2, 0) is 14.9 Å². The maximum atomic E-state index is 11.7. The van der Waals surface area contributed by atoms with Gasteiger partial charge in [0.05, 0.1) is 6.61 Å². The van der Waals surface area contributed by atoms with Crippen molar-refractivity contribution in [3.63, 3.8) is 0 Å². The van der Waals surface area contributed by atoms with Gasteiger partial charge in [-0.1, -0.05) is 6.92 Å². The second-order valence-corrected chi connectivity index (χ2v) is 6.97. The van der Waals surface area contributed by atoms with Crippen molar-refractivity contribution in [2.24, 2.45) is 0 Å². The quantitative estimate of drug-likeness (QED) is 0.728. The Labute approximate surface area is 138 Å².